The van der Waals surface area contributed by atoms with Gasteiger partial charge in [0.1, 0.15) is 0 Å². The summed E-state index contributed by atoms with van der Waals surface area (Å²) in [4.78, 5) is 6.04. The number of nitrogens with zero attached hydrogens (tertiary/aromatic N) is 1. The van der Waals surface area contributed by atoms with Gasteiger partial charge in [-0.2, -0.15) is 0 Å². The van der Waals surface area contributed by atoms with Crippen LogP contribution >= 0.6 is 11.3 Å². The van der Waals surface area contributed by atoms with Gasteiger partial charge in [-0.25, -0.2) is 4.98 Å². The third-order valence-electron chi connectivity index (χ3n) is 3.03. The van der Waals surface area contributed by atoms with E-state index in [2.05, 4.69) is 46.5 Å². The van der Waals surface area contributed by atoms with E-state index in [1.165, 1.54) is 9.88 Å². The lowest BCUT2D eigenvalue weighted by Crippen LogP contribution is -2.23. The summed E-state index contributed by atoms with van der Waals surface area (Å²) in [5, 5.41) is 4.71. The Bertz CT molecular complexity index is 421. The van der Waals surface area contributed by atoms with Gasteiger partial charge in [-0.3, -0.25) is 0 Å². The molecule has 0 saturated heterocycles. The highest BCUT2D eigenvalue weighted by Crippen LogP contribution is 2.32. The molecule has 0 aliphatic heterocycles. The van der Waals surface area contributed by atoms with Crippen LogP contribution in [0.2, 0.25) is 0 Å². The molecule has 1 atom stereocenters. The Labute approximate surface area is 127 Å². The molecule has 0 amide bonds. The van der Waals surface area contributed by atoms with Crippen molar-refractivity contribution in [1.82, 2.24) is 10.3 Å². The Hall–Kier alpha value is -0.710. The fraction of sp³-hybridized carbons (Fsp3) is 0.688. The second-order valence-electron chi connectivity index (χ2n) is 6.08. The lowest BCUT2D eigenvalue weighted by molar-refractivity contribution is 0.138. The topological polar surface area (TPSA) is 34.1 Å². The first kappa shape index (κ1) is 17.3. The number of ether oxygens (including phenoxy) is 1. The lowest BCUT2D eigenvalue weighted by Gasteiger charge is -2.14. The second-order valence-corrected chi connectivity index (χ2v) is 7.11. The third-order valence-corrected chi connectivity index (χ3v) is 4.80. The minimum Gasteiger partial charge on any atom is -0.380 e. The fourth-order valence-electron chi connectivity index (χ4n) is 1.84. The molecule has 1 N–H and O–H groups in total. The Kier molecular flexibility index (Phi) is 6.86. The predicted octanol–water partition coefficient (Wildman–Crippen LogP) is 3.99. The van der Waals surface area contributed by atoms with E-state index in [1.807, 2.05) is 17.4 Å². The molecule has 1 aromatic rings. The second kappa shape index (κ2) is 7.91. The van der Waals surface area contributed by atoms with Crippen molar-refractivity contribution in [3.8, 4) is 0 Å². The van der Waals surface area contributed by atoms with Gasteiger partial charge in [-0.05, 0) is 20.3 Å². The maximum Gasteiger partial charge on any atom is 0.0985 e. The maximum atomic E-state index is 5.50. The normalized spacial score (nSPS) is 13.4. The van der Waals surface area contributed by atoms with Crippen molar-refractivity contribution in [2.75, 3.05) is 19.8 Å². The van der Waals surface area contributed by atoms with Gasteiger partial charge in [0, 0.05) is 22.9 Å². The highest BCUT2D eigenvalue weighted by atomic mass is 32.1. The van der Waals surface area contributed by atoms with E-state index in [4.69, 9.17) is 9.72 Å². The molecule has 0 aliphatic rings. The van der Waals surface area contributed by atoms with Crippen molar-refractivity contribution in [3.05, 3.63) is 28.2 Å². The Balaban J connectivity index is 2.45. The minimum atomic E-state index is 0.126. The van der Waals surface area contributed by atoms with Crippen LogP contribution in [0.5, 0.6) is 0 Å². The van der Waals surface area contributed by atoms with Gasteiger partial charge in [0.15, 0.2) is 0 Å². The van der Waals surface area contributed by atoms with Crippen molar-refractivity contribution < 1.29 is 4.74 Å². The number of rotatable bonds is 8. The molecule has 0 aliphatic carbocycles. The largest absolute Gasteiger partial charge is 0.380 e. The van der Waals surface area contributed by atoms with Crippen LogP contribution in [0, 0.1) is 6.92 Å². The van der Waals surface area contributed by atoms with Crippen LogP contribution in [0.1, 0.15) is 55.7 Å². The molecular weight excluding hydrogens is 268 g/mol. The summed E-state index contributed by atoms with van der Waals surface area (Å²) < 4.78 is 5.50. The van der Waals surface area contributed by atoms with E-state index in [-0.39, 0.29) is 5.41 Å². The molecule has 1 heterocycles. The molecule has 1 rings (SSSR count). The zero-order chi connectivity index (χ0) is 15.2. The molecule has 1 aromatic heterocycles. The number of aryl methyl sites for hydroxylation is 1. The molecule has 3 nitrogen and oxygen atoms in total. The first-order chi connectivity index (χ1) is 9.36. The Morgan fingerprint density at radius 3 is 2.65 bits per heavy atom. The number of hydrogen-bond acceptors (Lipinski definition) is 4. The number of hydrogen-bond donors (Lipinski definition) is 1. The summed E-state index contributed by atoms with van der Waals surface area (Å²) in [6.07, 6.45) is 2.79. The van der Waals surface area contributed by atoms with Gasteiger partial charge in [-0.15, -0.1) is 17.9 Å². The van der Waals surface area contributed by atoms with Crippen molar-refractivity contribution in [1.29, 1.82) is 0 Å². The van der Waals surface area contributed by atoms with Crippen LogP contribution in [0.4, 0.5) is 0 Å². The van der Waals surface area contributed by atoms with E-state index in [9.17, 15) is 0 Å². The summed E-state index contributed by atoms with van der Waals surface area (Å²) in [5.41, 5.74) is 1.27. The lowest BCUT2D eigenvalue weighted by atomic mass is 9.98. The van der Waals surface area contributed by atoms with Gasteiger partial charge in [0.05, 0.1) is 23.9 Å². The first-order valence-electron chi connectivity index (χ1n) is 7.26. The number of aromatic nitrogens is 1. The zero-order valence-electron chi connectivity index (χ0n) is 13.5. The molecule has 0 aromatic carbocycles. The van der Waals surface area contributed by atoms with Crippen LogP contribution in [-0.4, -0.2) is 24.7 Å². The van der Waals surface area contributed by atoms with Gasteiger partial charge >= 0.3 is 0 Å². The molecular formula is C16H28N2OS. The SMILES string of the molecule is C=CCCOCCNC(C)c1sc(C(C)(C)C)nc1C. The molecule has 0 radical (unpaired) electrons. The quantitative estimate of drug-likeness (QED) is 0.582. The zero-order valence-corrected chi connectivity index (χ0v) is 14.3. The molecule has 0 spiro atoms. The molecule has 114 valence electrons. The van der Waals surface area contributed by atoms with Crippen LogP contribution in [0.25, 0.3) is 0 Å². The van der Waals surface area contributed by atoms with Crippen LogP contribution in [-0.2, 0) is 10.2 Å². The van der Waals surface area contributed by atoms with E-state index >= 15 is 0 Å². The average Bonchev–Trinajstić information content (AvgIpc) is 2.75. The highest BCUT2D eigenvalue weighted by Gasteiger charge is 2.22. The van der Waals surface area contributed by atoms with E-state index < -0.39 is 0 Å². The van der Waals surface area contributed by atoms with Crippen LogP contribution < -0.4 is 5.32 Å². The molecule has 4 heteroatoms. The van der Waals surface area contributed by atoms with E-state index in [1.54, 1.807) is 0 Å². The van der Waals surface area contributed by atoms with E-state index in [0.29, 0.717) is 6.04 Å². The van der Waals surface area contributed by atoms with Crippen LogP contribution in [0.15, 0.2) is 12.7 Å². The van der Waals surface area contributed by atoms with Crippen LogP contribution in [0.3, 0.4) is 0 Å². The number of nitrogens with one attached hydrogen (secondary N) is 1. The summed E-state index contributed by atoms with van der Waals surface area (Å²) >= 11 is 1.82. The summed E-state index contributed by atoms with van der Waals surface area (Å²) in [6, 6.07) is 0.326. The van der Waals surface area contributed by atoms with Crippen molar-refractivity contribution in [2.45, 2.75) is 52.5 Å². The van der Waals surface area contributed by atoms with Gasteiger partial charge < -0.3 is 10.1 Å². The predicted molar refractivity (Wildman–Crippen MR) is 87.6 cm³/mol. The smallest absolute Gasteiger partial charge is 0.0985 e. The average molecular weight is 296 g/mol. The van der Waals surface area contributed by atoms with Crippen molar-refractivity contribution >= 4 is 11.3 Å². The Morgan fingerprint density at radius 2 is 2.10 bits per heavy atom. The minimum absolute atomic E-state index is 0.126. The van der Waals surface area contributed by atoms with Gasteiger partial charge in [0.25, 0.3) is 0 Å². The summed E-state index contributed by atoms with van der Waals surface area (Å²) in [6.45, 7) is 16.9. The maximum absolute atomic E-state index is 5.50. The molecule has 1 unspecified atom stereocenters. The monoisotopic (exact) mass is 296 g/mol. The van der Waals surface area contributed by atoms with Crippen molar-refractivity contribution in [3.63, 3.8) is 0 Å². The summed E-state index contributed by atoms with van der Waals surface area (Å²) in [5.74, 6) is 0. The van der Waals surface area contributed by atoms with E-state index in [0.717, 1.165) is 31.9 Å². The Morgan fingerprint density at radius 1 is 1.40 bits per heavy atom. The van der Waals surface area contributed by atoms with Crippen molar-refractivity contribution in [2.24, 2.45) is 0 Å². The first-order valence-corrected chi connectivity index (χ1v) is 8.07. The van der Waals surface area contributed by atoms with Gasteiger partial charge in [-0.1, -0.05) is 26.8 Å². The van der Waals surface area contributed by atoms with Gasteiger partial charge in [0.2, 0.25) is 0 Å². The summed E-state index contributed by atoms with van der Waals surface area (Å²) in [7, 11) is 0. The third kappa shape index (κ3) is 5.35. The standard InChI is InChI=1S/C16H28N2OS/c1-7-8-10-19-11-9-17-12(2)14-13(3)18-15(20-14)16(4,5)6/h7,12,17H,1,8-11H2,2-6H3. The number of thiazole rings is 1. The molecule has 0 bridgehead atoms. The molecule has 0 fully saturated rings. The highest BCUT2D eigenvalue weighted by molar-refractivity contribution is 7.12. The molecule has 20 heavy (non-hydrogen) atoms. The fourth-order valence-corrected chi connectivity index (χ4v) is 2.99. The molecule has 0 saturated carbocycles.